The van der Waals surface area contributed by atoms with Gasteiger partial charge in [-0.05, 0) is 36.8 Å². The van der Waals surface area contributed by atoms with Gasteiger partial charge in [0.15, 0.2) is 5.78 Å². The van der Waals surface area contributed by atoms with Crippen LogP contribution in [0.1, 0.15) is 40.1 Å². The Morgan fingerprint density at radius 2 is 1.36 bits per heavy atom. The molecule has 1 amide bonds. The Kier molecular flexibility index (Phi) is 4.94. The van der Waals surface area contributed by atoms with Crippen molar-refractivity contribution in [2.24, 2.45) is 0 Å². The number of amides is 1. The number of nitrogens with zero attached hydrogens (tertiary/aromatic N) is 1. The fraction of sp³-hybridized carbons (Fsp3) is 0.182. The molecule has 0 saturated carbocycles. The second-order valence-corrected chi connectivity index (χ2v) is 5.91. The van der Waals surface area contributed by atoms with Gasteiger partial charge in [0.25, 0.3) is 5.91 Å². The normalized spacial score (nSPS) is 10.6. The zero-order chi connectivity index (χ0) is 17.8. The Morgan fingerprint density at radius 3 is 2.04 bits per heavy atom. The van der Waals surface area contributed by atoms with Gasteiger partial charge in [0.2, 0.25) is 0 Å². The van der Waals surface area contributed by atoms with Gasteiger partial charge in [0.1, 0.15) is 0 Å². The summed E-state index contributed by atoms with van der Waals surface area (Å²) in [5, 5.41) is 2.10. The molecule has 0 heterocycles. The highest BCUT2D eigenvalue weighted by Crippen LogP contribution is 2.21. The first-order chi connectivity index (χ1) is 12.2. The molecule has 0 radical (unpaired) electrons. The van der Waals surface area contributed by atoms with Crippen molar-refractivity contribution in [2.45, 2.75) is 13.8 Å². The van der Waals surface area contributed by atoms with Gasteiger partial charge in [-0.3, -0.25) is 9.59 Å². The van der Waals surface area contributed by atoms with E-state index in [-0.39, 0.29) is 11.7 Å². The van der Waals surface area contributed by atoms with Crippen LogP contribution in [0.3, 0.4) is 0 Å². The second kappa shape index (κ2) is 7.31. The fourth-order valence-corrected chi connectivity index (χ4v) is 3.03. The number of hydrogen-bond donors (Lipinski definition) is 0. The molecule has 3 aromatic carbocycles. The lowest BCUT2D eigenvalue weighted by Crippen LogP contribution is -2.31. The summed E-state index contributed by atoms with van der Waals surface area (Å²) in [5.74, 6) is -0.225. The third-order valence-corrected chi connectivity index (χ3v) is 4.46. The van der Waals surface area contributed by atoms with E-state index in [0.717, 1.165) is 10.8 Å². The van der Waals surface area contributed by atoms with Crippen molar-refractivity contribution in [2.75, 3.05) is 13.1 Å². The molecule has 0 aliphatic rings. The van der Waals surface area contributed by atoms with Crippen LogP contribution >= 0.6 is 0 Å². The molecule has 0 bridgehead atoms. The van der Waals surface area contributed by atoms with Gasteiger partial charge in [-0.1, -0.05) is 54.6 Å². The maximum atomic E-state index is 13.0. The number of fused-ring (bicyclic) bond motifs is 1. The average molecular weight is 331 g/mol. The number of benzene rings is 3. The summed E-state index contributed by atoms with van der Waals surface area (Å²) in [7, 11) is 0. The van der Waals surface area contributed by atoms with Gasteiger partial charge in [0, 0.05) is 24.2 Å². The molecule has 0 aliphatic carbocycles. The van der Waals surface area contributed by atoms with Gasteiger partial charge in [-0.15, -0.1) is 0 Å². The summed E-state index contributed by atoms with van der Waals surface area (Å²) in [6.07, 6.45) is 0. The van der Waals surface area contributed by atoms with Crippen LogP contribution in [0.25, 0.3) is 10.8 Å². The third kappa shape index (κ3) is 3.31. The first-order valence-electron chi connectivity index (χ1n) is 8.57. The Morgan fingerprint density at radius 1 is 0.760 bits per heavy atom. The quantitative estimate of drug-likeness (QED) is 0.643. The largest absolute Gasteiger partial charge is 0.339 e. The molecular formula is C22H21NO2. The van der Waals surface area contributed by atoms with Crippen LogP contribution in [0, 0.1) is 0 Å². The lowest BCUT2D eigenvalue weighted by Gasteiger charge is -2.20. The zero-order valence-corrected chi connectivity index (χ0v) is 14.5. The van der Waals surface area contributed by atoms with Gasteiger partial charge < -0.3 is 4.90 Å². The number of hydrogen-bond acceptors (Lipinski definition) is 2. The van der Waals surface area contributed by atoms with Gasteiger partial charge in [0.05, 0.1) is 5.56 Å². The first kappa shape index (κ1) is 16.9. The van der Waals surface area contributed by atoms with Crippen LogP contribution in [0.15, 0.2) is 66.7 Å². The van der Waals surface area contributed by atoms with E-state index in [1.807, 2.05) is 56.3 Å². The van der Waals surface area contributed by atoms with E-state index in [1.165, 1.54) is 0 Å². The summed E-state index contributed by atoms with van der Waals surface area (Å²) < 4.78 is 0. The standard InChI is InChI=1S/C22H21NO2/c1-3-23(4-2)22(25)20-12-8-7-11-19(20)21(24)18-14-13-16-9-5-6-10-17(16)15-18/h5-15H,3-4H2,1-2H3. The molecule has 0 unspecified atom stereocenters. The van der Waals surface area contributed by atoms with Gasteiger partial charge >= 0.3 is 0 Å². The molecular weight excluding hydrogens is 310 g/mol. The Balaban J connectivity index is 2.03. The molecule has 3 nitrogen and oxygen atoms in total. The van der Waals surface area contributed by atoms with E-state index >= 15 is 0 Å². The summed E-state index contributed by atoms with van der Waals surface area (Å²) >= 11 is 0. The van der Waals surface area contributed by atoms with Crippen LogP contribution in [0.2, 0.25) is 0 Å². The zero-order valence-electron chi connectivity index (χ0n) is 14.5. The molecule has 0 fully saturated rings. The molecule has 0 N–H and O–H groups in total. The lowest BCUT2D eigenvalue weighted by atomic mass is 9.96. The van der Waals surface area contributed by atoms with E-state index in [1.54, 1.807) is 29.2 Å². The topological polar surface area (TPSA) is 37.4 Å². The van der Waals surface area contributed by atoms with E-state index in [9.17, 15) is 9.59 Å². The molecule has 0 aromatic heterocycles. The number of carbonyl (C=O) groups excluding carboxylic acids is 2. The SMILES string of the molecule is CCN(CC)C(=O)c1ccccc1C(=O)c1ccc2ccccc2c1. The maximum Gasteiger partial charge on any atom is 0.254 e. The van der Waals surface area contributed by atoms with Gasteiger partial charge in [-0.25, -0.2) is 0 Å². The predicted molar refractivity (Wildman–Crippen MR) is 101 cm³/mol. The molecule has 3 heteroatoms. The average Bonchev–Trinajstić information content (AvgIpc) is 2.68. The van der Waals surface area contributed by atoms with Gasteiger partial charge in [-0.2, -0.15) is 0 Å². The highest BCUT2D eigenvalue weighted by molar-refractivity contribution is 6.16. The minimum Gasteiger partial charge on any atom is -0.339 e. The molecule has 0 atom stereocenters. The summed E-state index contributed by atoms with van der Waals surface area (Å²) in [4.78, 5) is 27.5. The number of rotatable bonds is 5. The number of ketones is 1. The second-order valence-electron chi connectivity index (χ2n) is 5.91. The predicted octanol–water partition coefficient (Wildman–Crippen LogP) is 4.55. The van der Waals surface area contributed by atoms with Crippen molar-refractivity contribution in [3.8, 4) is 0 Å². The molecule has 3 rings (SSSR count). The molecule has 0 aliphatic heterocycles. The van der Waals surface area contributed by atoms with E-state index in [4.69, 9.17) is 0 Å². The van der Waals surface area contributed by atoms with Crippen molar-refractivity contribution < 1.29 is 9.59 Å². The van der Waals surface area contributed by atoms with Crippen LogP contribution in [-0.4, -0.2) is 29.7 Å². The highest BCUT2D eigenvalue weighted by Gasteiger charge is 2.21. The van der Waals surface area contributed by atoms with Crippen LogP contribution in [0.4, 0.5) is 0 Å². The van der Waals surface area contributed by atoms with E-state index < -0.39 is 0 Å². The third-order valence-electron chi connectivity index (χ3n) is 4.46. The molecule has 25 heavy (non-hydrogen) atoms. The monoisotopic (exact) mass is 331 g/mol. The Bertz CT molecular complexity index is 926. The summed E-state index contributed by atoms with van der Waals surface area (Å²) in [5.41, 5.74) is 1.51. The Labute approximate surface area is 147 Å². The van der Waals surface area contributed by atoms with Crippen LogP contribution in [-0.2, 0) is 0 Å². The van der Waals surface area contributed by atoms with Crippen molar-refractivity contribution in [1.29, 1.82) is 0 Å². The van der Waals surface area contributed by atoms with Crippen molar-refractivity contribution >= 4 is 22.5 Å². The van der Waals surface area contributed by atoms with Crippen molar-refractivity contribution in [3.05, 3.63) is 83.4 Å². The van der Waals surface area contributed by atoms with Crippen molar-refractivity contribution in [1.82, 2.24) is 4.90 Å². The maximum absolute atomic E-state index is 13.0. The first-order valence-corrected chi connectivity index (χ1v) is 8.57. The molecule has 0 spiro atoms. The summed E-state index contributed by atoms with van der Waals surface area (Å²) in [6.45, 7) is 5.12. The smallest absolute Gasteiger partial charge is 0.254 e. The Hall–Kier alpha value is -2.94. The van der Waals surface area contributed by atoms with E-state index in [2.05, 4.69) is 0 Å². The number of carbonyl (C=O) groups is 2. The lowest BCUT2D eigenvalue weighted by molar-refractivity contribution is 0.0768. The summed E-state index contributed by atoms with van der Waals surface area (Å²) in [6, 6.07) is 20.6. The van der Waals surface area contributed by atoms with E-state index in [0.29, 0.717) is 29.8 Å². The molecule has 3 aromatic rings. The van der Waals surface area contributed by atoms with Crippen molar-refractivity contribution in [3.63, 3.8) is 0 Å². The minimum absolute atomic E-state index is 0.102. The molecule has 0 saturated heterocycles. The van der Waals surface area contributed by atoms with Crippen LogP contribution in [0.5, 0.6) is 0 Å². The minimum atomic E-state index is -0.123. The van der Waals surface area contributed by atoms with Crippen LogP contribution < -0.4 is 0 Å². The fourth-order valence-electron chi connectivity index (χ4n) is 3.03. The highest BCUT2D eigenvalue weighted by atomic mass is 16.2. The molecule has 126 valence electrons.